The minimum atomic E-state index is -0.138. The Kier molecular flexibility index (Phi) is 5.45. The van der Waals surface area contributed by atoms with E-state index in [2.05, 4.69) is 0 Å². The monoisotopic (exact) mass is 276 g/mol. The summed E-state index contributed by atoms with van der Waals surface area (Å²) in [6, 6.07) is 7.93. The second-order valence-corrected chi connectivity index (χ2v) is 5.66. The fourth-order valence-electron chi connectivity index (χ4n) is 2.98. The Labute approximate surface area is 121 Å². The van der Waals surface area contributed by atoms with Crippen LogP contribution in [0.3, 0.4) is 0 Å². The summed E-state index contributed by atoms with van der Waals surface area (Å²) in [7, 11) is 1.46. The smallest absolute Gasteiger partial charge is 0.312 e. The lowest BCUT2D eigenvalue weighted by Crippen LogP contribution is -2.31. The van der Waals surface area contributed by atoms with Crippen molar-refractivity contribution in [3.05, 3.63) is 29.8 Å². The van der Waals surface area contributed by atoms with E-state index in [1.807, 2.05) is 31.2 Å². The summed E-state index contributed by atoms with van der Waals surface area (Å²) in [4.78, 5) is 12.0. The molecule has 0 aromatic heterocycles. The van der Waals surface area contributed by atoms with Gasteiger partial charge in [-0.3, -0.25) is 4.79 Å². The van der Waals surface area contributed by atoms with Gasteiger partial charge >= 0.3 is 5.97 Å². The molecule has 3 nitrogen and oxygen atoms in total. The molecular weight excluding hydrogens is 252 g/mol. The lowest BCUT2D eigenvalue weighted by Gasteiger charge is -2.28. The highest BCUT2D eigenvalue weighted by Gasteiger charge is 2.31. The highest BCUT2D eigenvalue weighted by Crippen LogP contribution is 2.31. The van der Waals surface area contributed by atoms with Crippen molar-refractivity contribution in [3.63, 3.8) is 0 Å². The van der Waals surface area contributed by atoms with Crippen LogP contribution in [-0.2, 0) is 9.53 Å². The largest absolute Gasteiger partial charge is 0.493 e. The Morgan fingerprint density at radius 3 is 2.70 bits per heavy atom. The first-order valence-corrected chi connectivity index (χ1v) is 7.48. The molecule has 1 aromatic carbocycles. The molecule has 0 saturated heterocycles. The molecule has 1 aromatic rings. The molecule has 1 fully saturated rings. The van der Waals surface area contributed by atoms with E-state index in [0.29, 0.717) is 12.5 Å². The Morgan fingerprint density at radius 1 is 1.30 bits per heavy atom. The second-order valence-electron chi connectivity index (χ2n) is 5.66. The van der Waals surface area contributed by atoms with Crippen LogP contribution >= 0.6 is 0 Å². The van der Waals surface area contributed by atoms with Crippen molar-refractivity contribution < 1.29 is 14.3 Å². The molecule has 1 atom stereocenters. The number of aryl methyl sites for hydroxylation is 1. The van der Waals surface area contributed by atoms with Gasteiger partial charge in [0.1, 0.15) is 12.4 Å². The van der Waals surface area contributed by atoms with Crippen LogP contribution in [0.2, 0.25) is 0 Å². The molecule has 3 heteroatoms. The number of carbonyl (C=O) groups excluding carboxylic acids is 1. The van der Waals surface area contributed by atoms with Crippen LogP contribution in [0.1, 0.15) is 37.7 Å². The Hall–Kier alpha value is -1.51. The van der Waals surface area contributed by atoms with Gasteiger partial charge in [0, 0.05) is 0 Å². The predicted molar refractivity (Wildman–Crippen MR) is 78.8 cm³/mol. The summed E-state index contributed by atoms with van der Waals surface area (Å²) in [5.74, 6) is 0.959. The van der Waals surface area contributed by atoms with E-state index >= 15 is 0 Å². The SMILES string of the molecule is COC(=O)C(COc1cccc(C)c1)C1CCCCC1. The summed E-state index contributed by atoms with van der Waals surface area (Å²) < 4.78 is 10.8. The molecule has 1 aliphatic rings. The third kappa shape index (κ3) is 3.99. The lowest BCUT2D eigenvalue weighted by atomic mass is 9.80. The number of ether oxygens (including phenoxy) is 2. The van der Waals surface area contributed by atoms with Gasteiger partial charge in [0.2, 0.25) is 0 Å². The molecular formula is C17H24O3. The first-order chi connectivity index (χ1) is 9.70. The molecule has 0 spiro atoms. The minimum absolute atomic E-state index is 0.135. The molecule has 20 heavy (non-hydrogen) atoms. The van der Waals surface area contributed by atoms with Crippen molar-refractivity contribution in [2.75, 3.05) is 13.7 Å². The summed E-state index contributed by atoms with van der Waals surface area (Å²) in [5, 5.41) is 0. The normalized spacial score (nSPS) is 17.5. The quantitative estimate of drug-likeness (QED) is 0.768. The fraction of sp³-hybridized carbons (Fsp3) is 0.588. The van der Waals surface area contributed by atoms with Crippen molar-refractivity contribution in [1.82, 2.24) is 0 Å². The van der Waals surface area contributed by atoms with Gasteiger partial charge in [-0.25, -0.2) is 0 Å². The number of carbonyl (C=O) groups is 1. The topological polar surface area (TPSA) is 35.5 Å². The van der Waals surface area contributed by atoms with Crippen LogP contribution in [0.4, 0.5) is 0 Å². The van der Waals surface area contributed by atoms with Crippen LogP contribution in [-0.4, -0.2) is 19.7 Å². The predicted octanol–water partition coefficient (Wildman–Crippen LogP) is 3.74. The fourth-order valence-corrected chi connectivity index (χ4v) is 2.98. The van der Waals surface area contributed by atoms with Crippen molar-refractivity contribution in [1.29, 1.82) is 0 Å². The van der Waals surface area contributed by atoms with Crippen LogP contribution in [0.25, 0.3) is 0 Å². The molecule has 0 N–H and O–H groups in total. The molecule has 0 heterocycles. The zero-order chi connectivity index (χ0) is 14.4. The Morgan fingerprint density at radius 2 is 2.05 bits per heavy atom. The molecule has 1 unspecified atom stereocenters. The highest BCUT2D eigenvalue weighted by molar-refractivity contribution is 5.72. The third-order valence-corrected chi connectivity index (χ3v) is 4.14. The first kappa shape index (κ1) is 14.9. The van der Waals surface area contributed by atoms with E-state index in [4.69, 9.17) is 9.47 Å². The molecule has 1 saturated carbocycles. The van der Waals surface area contributed by atoms with Crippen LogP contribution in [0, 0.1) is 18.8 Å². The maximum absolute atomic E-state index is 12.0. The second kappa shape index (κ2) is 7.32. The van der Waals surface area contributed by atoms with Crippen LogP contribution in [0.5, 0.6) is 5.75 Å². The van der Waals surface area contributed by atoms with Crippen molar-refractivity contribution >= 4 is 5.97 Å². The van der Waals surface area contributed by atoms with Gasteiger partial charge in [-0.1, -0.05) is 31.4 Å². The van der Waals surface area contributed by atoms with Gasteiger partial charge in [0.15, 0.2) is 0 Å². The van der Waals surface area contributed by atoms with E-state index < -0.39 is 0 Å². The number of methoxy groups -OCH3 is 1. The Balaban J connectivity index is 1.98. The Bertz CT molecular complexity index is 436. The number of hydrogen-bond donors (Lipinski definition) is 0. The van der Waals surface area contributed by atoms with Crippen molar-refractivity contribution in [2.45, 2.75) is 39.0 Å². The number of benzene rings is 1. The van der Waals surface area contributed by atoms with E-state index in [-0.39, 0.29) is 11.9 Å². The van der Waals surface area contributed by atoms with Gasteiger partial charge < -0.3 is 9.47 Å². The van der Waals surface area contributed by atoms with Gasteiger partial charge in [0.05, 0.1) is 13.0 Å². The van der Waals surface area contributed by atoms with E-state index in [1.165, 1.54) is 26.4 Å². The molecule has 110 valence electrons. The van der Waals surface area contributed by atoms with Gasteiger partial charge in [-0.15, -0.1) is 0 Å². The standard InChI is InChI=1S/C17H24O3/c1-13-7-6-10-15(11-13)20-12-16(17(18)19-2)14-8-4-3-5-9-14/h6-7,10-11,14,16H,3-5,8-9,12H2,1-2H3. The zero-order valence-electron chi connectivity index (χ0n) is 12.4. The summed E-state index contributed by atoms with van der Waals surface area (Å²) in [6.07, 6.45) is 5.92. The summed E-state index contributed by atoms with van der Waals surface area (Å²) in [5.41, 5.74) is 1.16. The number of rotatable bonds is 5. The highest BCUT2D eigenvalue weighted by atomic mass is 16.5. The molecule has 0 aliphatic heterocycles. The summed E-state index contributed by atoms with van der Waals surface area (Å²) in [6.45, 7) is 2.45. The van der Waals surface area contributed by atoms with Gasteiger partial charge in [-0.05, 0) is 43.4 Å². The molecule has 0 bridgehead atoms. The zero-order valence-corrected chi connectivity index (χ0v) is 12.4. The maximum Gasteiger partial charge on any atom is 0.312 e. The van der Waals surface area contributed by atoms with E-state index in [0.717, 1.165) is 24.2 Å². The van der Waals surface area contributed by atoms with Crippen molar-refractivity contribution in [3.8, 4) is 5.75 Å². The third-order valence-electron chi connectivity index (χ3n) is 4.14. The number of esters is 1. The number of hydrogen-bond acceptors (Lipinski definition) is 3. The lowest BCUT2D eigenvalue weighted by molar-refractivity contribution is -0.149. The molecule has 1 aliphatic carbocycles. The van der Waals surface area contributed by atoms with Crippen molar-refractivity contribution in [2.24, 2.45) is 11.8 Å². The van der Waals surface area contributed by atoms with Crippen LogP contribution in [0.15, 0.2) is 24.3 Å². The summed E-state index contributed by atoms with van der Waals surface area (Å²) >= 11 is 0. The maximum atomic E-state index is 12.0. The molecule has 0 radical (unpaired) electrons. The first-order valence-electron chi connectivity index (χ1n) is 7.48. The minimum Gasteiger partial charge on any atom is -0.493 e. The average molecular weight is 276 g/mol. The van der Waals surface area contributed by atoms with Gasteiger partial charge in [-0.2, -0.15) is 0 Å². The van der Waals surface area contributed by atoms with E-state index in [9.17, 15) is 4.79 Å². The van der Waals surface area contributed by atoms with Gasteiger partial charge in [0.25, 0.3) is 0 Å². The van der Waals surface area contributed by atoms with E-state index in [1.54, 1.807) is 0 Å². The molecule has 2 rings (SSSR count). The average Bonchev–Trinajstić information content (AvgIpc) is 2.48. The molecule has 0 amide bonds. The van der Waals surface area contributed by atoms with Crippen LogP contribution < -0.4 is 4.74 Å².